The van der Waals surface area contributed by atoms with E-state index in [9.17, 15) is 13.2 Å². The van der Waals surface area contributed by atoms with Crippen LogP contribution in [0.3, 0.4) is 0 Å². The van der Waals surface area contributed by atoms with Gasteiger partial charge in [0.1, 0.15) is 29.1 Å². The molecule has 0 fully saturated rings. The summed E-state index contributed by atoms with van der Waals surface area (Å²) in [7, 11) is -2.13. The summed E-state index contributed by atoms with van der Waals surface area (Å²) in [4.78, 5) is 12.5. The van der Waals surface area contributed by atoms with Crippen molar-refractivity contribution in [3.05, 3.63) is 125 Å². The number of aryl methyl sites for hydroxylation is 1. The van der Waals surface area contributed by atoms with Crippen LogP contribution in [0.5, 0.6) is 17.2 Å². The van der Waals surface area contributed by atoms with Gasteiger partial charge in [0, 0.05) is 6.42 Å². The quantitative estimate of drug-likeness (QED) is 0.107. The van der Waals surface area contributed by atoms with E-state index in [1.165, 1.54) is 12.7 Å². The SMILES string of the molecule is COC(=O)C(Cc1ccc(CCOc2ccc(OS(C)(=O)=O)cc2)cc1)SCCc1ccc(OCc2ccccc2)cc1. The standard InChI is InChI=1S/C34H36O7S2/c1-38-34(35)33(42-23-21-27-12-14-31(15-13-27)40-25-29-6-4-3-5-7-29)24-28-10-8-26(9-11-28)20-22-39-30-16-18-32(19-17-30)41-43(2,36)37/h3-19,33H,20-25H2,1-2H3. The summed E-state index contributed by atoms with van der Waals surface area (Å²) in [5.41, 5.74) is 4.49. The number of methoxy groups -OCH3 is 1. The first kappa shape index (κ1) is 32.0. The highest BCUT2D eigenvalue weighted by Crippen LogP contribution is 2.22. The van der Waals surface area contributed by atoms with Crippen LogP contribution < -0.4 is 13.7 Å². The molecule has 0 aliphatic heterocycles. The summed E-state index contributed by atoms with van der Waals surface area (Å²) in [6, 6.07) is 32.8. The van der Waals surface area contributed by atoms with Crippen LogP contribution in [0.2, 0.25) is 0 Å². The average Bonchev–Trinajstić information content (AvgIpc) is 3.01. The topological polar surface area (TPSA) is 88.1 Å². The fourth-order valence-corrected chi connectivity index (χ4v) is 5.90. The Hall–Kier alpha value is -3.95. The second kappa shape index (κ2) is 16.0. The van der Waals surface area contributed by atoms with E-state index in [-0.39, 0.29) is 17.0 Å². The molecule has 7 nitrogen and oxygen atoms in total. The lowest BCUT2D eigenvalue weighted by Gasteiger charge is -2.15. The molecule has 0 radical (unpaired) electrons. The van der Waals surface area contributed by atoms with Gasteiger partial charge in [0.05, 0.1) is 20.0 Å². The molecule has 0 bridgehead atoms. The van der Waals surface area contributed by atoms with Gasteiger partial charge in [-0.05, 0) is 77.2 Å². The molecule has 0 aromatic heterocycles. The van der Waals surface area contributed by atoms with Crippen molar-refractivity contribution in [1.82, 2.24) is 0 Å². The first-order chi connectivity index (χ1) is 20.8. The van der Waals surface area contributed by atoms with Crippen LogP contribution in [0.1, 0.15) is 22.3 Å². The Balaban J connectivity index is 1.20. The van der Waals surface area contributed by atoms with Crippen LogP contribution in [0.25, 0.3) is 0 Å². The molecule has 0 heterocycles. The van der Waals surface area contributed by atoms with E-state index in [2.05, 4.69) is 12.1 Å². The number of carbonyl (C=O) groups is 1. The molecule has 1 atom stereocenters. The van der Waals surface area contributed by atoms with Gasteiger partial charge < -0.3 is 18.4 Å². The molecule has 0 spiro atoms. The normalized spacial score (nSPS) is 11.9. The van der Waals surface area contributed by atoms with Gasteiger partial charge in [-0.2, -0.15) is 8.42 Å². The Morgan fingerprint density at radius 1 is 0.698 bits per heavy atom. The third kappa shape index (κ3) is 11.3. The minimum absolute atomic E-state index is 0.222. The van der Waals surface area contributed by atoms with Crippen molar-refractivity contribution in [3.8, 4) is 17.2 Å². The summed E-state index contributed by atoms with van der Waals surface area (Å²) in [5.74, 6) is 2.27. The fraction of sp³-hybridized carbons (Fsp3) is 0.265. The first-order valence-corrected chi connectivity index (χ1v) is 16.8. The third-order valence-electron chi connectivity index (χ3n) is 6.52. The van der Waals surface area contributed by atoms with Crippen molar-refractivity contribution in [1.29, 1.82) is 0 Å². The summed E-state index contributed by atoms with van der Waals surface area (Å²) in [6.45, 7) is 0.999. The van der Waals surface area contributed by atoms with Gasteiger partial charge in [-0.15, -0.1) is 11.8 Å². The minimum atomic E-state index is -3.56. The van der Waals surface area contributed by atoms with Gasteiger partial charge in [-0.3, -0.25) is 4.79 Å². The maximum Gasteiger partial charge on any atom is 0.319 e. The molecule has 9 heteroatoms. The predicted molar refractivity (Wildman–Crippen MR) is 170 cm³/mol. The predicted octanol–water partition coefficient (Wildman–Crippen LogP) is 6.29. The molecule has 0 amide bonds. The Labute approximate surface area is 258 Å². The summed E-state index contributed by atoms with van der Waals surface area (Å²) >= 11 is 1.61. The Morgan fingerprint density at radius 2 is 1.26 bits per heavy atom. The number of ether oxygens (including phenoxy) is 3. The van der Waals surface area contributed by atoms with Gasteiger partial charge in [0.2, 0.25) is 0 Å². The largest absolute Gasteiger partial charge is 0.493 e. The fourth-order valence-electron chi connectivity index (χ4n) is 4.26. The maximum absolute atomic E-state index is 12.5. The molecule has 0 saturated carbocycles. The lowest BCUT2D eigenvalue weighted by atomic mass is 10.1. The van der Waals surface area contributed by atoms with Crippen molar-refractivity contribution in [2.75, 3.05) is 25.7 Å². The molecule has 226 valence electrons. The maximum atomic E-state index is 12.5. The van der Waals surface area contributed by atoms with Gasteiger partial charge in [0.15, 0.2) is 0 Å². The van der Waals surface area contributed by atoms with E-state index in [0.717, 1.165) is 40.9 Å². The van der Waals surface area contributed by atoms with E-state index in [0.29, 0.717) is 31.8 Å². The lowest BCUT2D eigenvalue weighted by Crippen LogP contribution is -2.22. The van der Waals surface area contributed by atoms with Crippen LogP contribution in [-0.4, -0.2) is 45.4 Å². The smallest absolute Gasteiger partial charge is 0.319 e. The van der Waals surface area contributed by atoms with Gasteiger partial charge in [-0.25, -0.2) is 0 Å². The average molecular weight is 621 g/mol. The van der Waals surface area contributed by atoms with Crippen molar-refractivity contribution in [3.63, 3.8) is 0 Å². The van der Waals surface area contributed by atoms with Crippen LogP contribution in [0, 0.1) is 0 Å². The summed E-state index contributed by atoms with van der Waals surface area (Å²) < 4.78 is 44.0. The van der Waals surface area contributed by atoms with Crippen molar-refractivity contribution >= 4 is 27.8 Å². The molecule has 4 rings (SSSR count). The zero-order chi connectivity index (χ0) is 30.5. The molecule has 0 N–H and O–H groups in total. The Morgan fingerprint density at radius 3 is 1.91 bits per heavy atom. The zero-order valence-electron chi connectivity index (χ0n) is 24.3. The molecule has 0 aliphatic carbocycles. The minimum Gasteiger partial charge on any atom is -0.493 e. The highest BCUT2D eigenvalue weighted by molar-refractivity contribution is 8.00. The van der Waals surface area contributed by atoms with Gasteiger partial charge in [0.25, 0.3) is 0 Å². The van der Waals surface area contributed by atoms with E-state index >= 15 is 0 Å². The van der Waals surface area contributed by atoms with Gasteiger partial charge >= 0.3 is 16.1 Å². The van der Waals surface area contributed by atoms with E-state index in [1.807, 2.05) is 66.7 Å². The molecule has 4 aromatic carbocycles. The Bertz CT molecular complexity index is 1520. The summed E-state index contributed by atoms with van der Waals surface area (Å²) in [6.07, 6.45) is 3.13. The van der Waals surface area contributed by atoms with Crippen molar-refractivity contribution in [2.24, 2.45) is 0 Å². The van der Waals surface area contributed by atoms with Crippen LogP contribution in [-0.2, 0) is 45.5 Å². The molecular weight excluding hydrogens is 585 g/mol. The van der Waals surface area contributed by atoms with Crippen LogP contribution >= 0.6 is 11.8 Å². The van der Waals surface area contributed by atoms with E-state index in [1.54, 1.807) is 36.0 Å². The number of hydrogen-bond donors (Lipinski definition) is 0. The number of thioether (sulfide) groups is 1. The van der Waals surface area contributed by atoms with Crippen LogP contribution in [0.4, 0.5) is 0 Å². The van der Waals surface area contributed by atoms with Crippen molar-refractivity contribution < 1.29 is 31.6 Å². The highest BCUT2D eigenvalue weighted by Gasteiger charge is 2.20. The number of benzene rings is 4. The van der Waals surface area contributed by atoms with E-state index in [4.69, 9.17) is 18.4 Å². The molecule has 0 aliphatic rings. The number of rotatable bonds is 16. The third-order valence-corrected chi connectivity index (χ3v) is 8.22. The van der Waals surface area contributed by atoms with Gasteiger partial charge in [-0.1, -0.05) is 66.7 Å². The Kier molecular flexibility index (Phi) is 11.9. The summed E-state index contributed by atoms with van der Waals surface area (Å²) in [5, 5.41) is -0.290. The zero-order valence-corrected chi connectivity index (χ0v) is 25.9. The number of hydrogen-bond acceptors (Lipinski definition) is 8. The van der Waals surface area contributed by atoms with E-state index < -0.39 is 10.1 Å². The van der Waals surface area contributed by atoms with Crippen molar-refractivity contribution in [2.45, 2.75) is 31.1 Å². The lowest BCUT2D eigenvalue weighted by molar-refractivity contribution is -0.139. The monoisotopic (exact) mass is 620 g/mol. The second-order valence-electron chi connectivity index (χ2n) is 9.93. The first-order valence-electron chi connectivity index (χ1n) is 13.9. The molecule has 0 saturated heterocycles. The highest BCUT2D eigenvalue weighted by atomic mass is 32.2. The number of carbonyl (C=O) groups excluding carboxylic acids is 1. The molecule has 1 unspecified atom stereocenters. The molecule has 43 heavy (non-hydrogen) atoms. The molecular formula is C34H36O7S2. The van der Waals surface area contributed by atoms with Crippen LogP contribution in [0.15, 0.2) is 103 Å². The second-order valence-corrected chi connectivity index (χ2v) is 12.8. The molecule has 4 aromatic rings. The number of esters is 1.